The van der Waals surface area contributed by atoms with Crippen molar-refractivity contribution < 1.29 is 0 Å². The molecule has 2 nitrogen and oxygen atoms in total. The van der Waals surface area contributed by atoms with Crippen molar-refractivity contribution >= 4 is 27.9 Å². The topological polar surface area (TPSA) is 24.9 Å². The van der Waals surface area contributed by atoms with Gasteiger partial charge >= 0.3 is 0 Å². The molecule has 0 aliphatic rings. The number of benzene rings is 1. The molecule has 0 aliphatic heterocycles. The summed E-state index contributed by atoms with van der Waals surface area (Å²) in [6.45, 7) is 6.52. The highest BCUT2D eigenvalue weighted by atomic mass is 32.1. The maximum Gasteiger partial charge on any atom is 0.0751 e. The molecule has 0 spiro atoms. The van der Waals surface area contributed by atoms with E-state index in [1.165, 1.54) is 20.7 Å². The van der Waals surface area contributed by atoms with Crippen molar-refractivity contribution in [1.29, 1.82) is 0 Å². The number of aryl methyl sites for hydroxylation is 2. The first-order valence-corrected chi connectivity index (χ1v) is 8.20. The second-order valence-electron chi connectivity index (χ2n) is 5.35. The van der Waals surface area contributed by atoms with Crippen LogP contribution in [-0.2, 0) is 6.42 Å². The van der Waals surface area contributed by atoms with Gasteiger partial charge in [-0.2, -0.15) is 0 Å². The zero-order chi connectivity index (χ0) is 14.8. The van der Waals surface area contributed by atoms with E-state index < -0.39 is 0 Å². The van der Waals surface area contributed by atoms with Crippen LogP contribution in [0.3, 0.4) is 0 Å². The van der Waals surface area contributed by atoms with Gasteiger partial charge in [0, 0.05) is 27.0 Å². The molecule has 21 heavy (non-hydrogen) atoms. The van der Waals surface area contributed by atoms with Crippen molar-refractivity contribution in [1.82, 2.24) is 4.98 Å². The lowest BCUT2D eigenvalue weighted by Crippen LogP contribution is -2.05. The monoisotopic (exact) mass is 296 g/mol. The molecule has 0 saturated carbocycles. The molecule has 0 saturated heterocycles. The number of thiophene rings is 1. The Morgan fingerprint density at radius 3 is 2.81 bits per heavy atom. The van der Waals surface area contributed by atoms with Crippen LogP contribution < -0.4 is 5.32 Å². The van der Waals surface area contributed by atoms with E-state index in [0.29, 0.717) is 6.04 Å². The van der Waals surface area contributed by atoms with Crippen molar-refractivity contribution in [2.75, 3.05) is 5.32 Å². The van der Waals surface area contributed by atoms with Crippen LogP contribution in [0.1, 0.15) is 35.2 Å². The lowest BCUT2D eigenvalue weighted by atomic mass is 10.1. The second-order valence-corrected chi connectivity index (χ2v) is 6.55. The highest BCUT2D eigenvalue weighted by Crippen LogP contribution is 2.30. The number of nitrogens with zero attached hydrogens (tertiary/aromatic N) is 1. The van der Waals surface area contributed by atoms with E-state index in [4.69, 9.17) is 0 Å². The van der Waals surface area contributed by atoms with E-state index in [1.807, 2.05) is 23.6 Å². The predicted molar refractivity (Wildman–Crippen MR) is 92.2 cm³/mol. The number of aromatic nitrogens is 1. The van der Waals surface area contributed by atoms with Gasteiger partial charge in [0.1, 0.15) is 0 Å². The van der Waals surface area contributed by atoms with Crippen LogP contribution in [0.4, 0.5) is 5.69 Å². The molecular formula is C18H20N2S. The summed E-state index contributed by atoms with van der Waals surface area (Å²) in [5.74, 6) is 0. The predicted octanol–water partition coefficient (Wildman–Crippen LogP) is 5.34. The smallest absolute Gasteiger partial charge is 0.0751 e. The molecule has 2 aromatic heterocycles. The number of pyridine rings is 1. The van der Waals surface area contributed by atoms with E-state index >= 15 is 0 Å². The van der Waals surface area contributed by atoms with Crippen molar-refractivity contribution in [3.63, 3.8) is 0 Å². The van der Waals surface area contributed by atoms with Crippen LogP contribution in [0.15, 0.2) is 42.6 Å². The van der Waals surface area contributed by atoms with Crippen LogP contribution in [-0.4, -0.2) is 4.98 Å². The molecule has 0 amide bonds. The Bertz CT molecular complexity index is 761. The Balaban J connectivity index is 1.92. The average molecular weight is 296 g/mol. The van der Waals surface area contributed by atoms with Gasteiger partial charge in [0.05, 0.1) is 11.6 Å². The maximum absolute atomic E-state index is 4.50. The van der Waals surface area contributed by atoms with Crippen molar-refractivity contribution in [3.8, 4) is 0 Å². The molecule has 0 fully saturated rings. The number of nitrogens with one attached hydrogen (secondary N) is 1. The summed E-state index contributed by atoms with van der Waals surface area (Å²) in [4.78, 5) is 7.32. The van der Waals surface area contributed by atoms with Crippen LogP contribution >= 0.6 is 11.3 Å². The van der Waals surface area contributed by atoms with E-state index in [9.17, 15) is 0 Å². The standard InChI is InChI=1S/C18H20N2S/c1-4-14-8-10-17(21-14)13(3)20-16-9-7-12(2)18-15(16)6-5-11-19-18/h5-11,13,20H,4H2,1-3H3. The summed E-state index contributed by atoms with van der Waals surface area (Å²) >= 11 is 1.89. The van der Waals surface area contributed by atoms with Crippen LogP contribution in [0, 0.1) is 6.92 Å². The van der Waals surface area contributed by atoms with Gasteiger partial charge in [0.25, 0.3) is 0 Å². The first-order valence-electron chi connectivity index (χ1n) is 7.38. The maximum atomic E-state index is 4.50. The van der Waals surface area contributed by atoms with E-state index in [1.54, 1.807) is 0 Å². The van der Waals surface area contributed by atoms with Crippen LogP contribution in [0.2, 0.25) is 0 Å². The first kappa shape index (κ1) is 14.1. The van der Waals surface area contributed by atoms with E-state index in [2.05, 4.69) is 61.4 Å². The third-order valence-corrected chi connectivity index (χ3v) is 5.21. The Hall–Kier alpha value is -1.87. The van der Waals surface area contributed by atoms with E-state index in [-0.39, 0.29) is 0 Å². The van der Waals surface area contributed by atoms with Gasteiger partial charge in [-0.15, -0.1) is 11.3 Å². The minimum absolute atomic E-state index is 0.307. The summed E-state index contributed by atoms with van der Waals surface area (Å²) in [5, 5.41) is 4.83. The normalized spacial score (nSPS) is 12.5. The summed E-state index contributed by atoms with van der Waals surface area (Å²) in [7, 11) is 0. The minimum atomic E-state index is 0.307. The zero-order valence-electron chi connectivity index (χ0n) is 12.7. The fourth-order valence-corrected chi connectivity index (χ4v) is 3.52. The number of fused-ring (bicyclic) bond motifs is 1. The third kappa shape index (κ3) is 2.79. The zero-order valence-corrected chi connectivity index (χ0v) is 13.5. The van der Waals surface area contributed by atoms with Gasteiger partial charge in [0.2, 0.25) is 0 Å². The fraction of sp³-hybridized carbons (Fsp3) is 0.278. The van der Waals surface area contributed by atoms with Crippen molar-refractivity contribution in [3.05, 3.63) is 57.9 Å². The van der Waals surface area contributed by atoms with E-state index in [0.717, 1.165) is 17.6 Å². The third-order valence-electron chi connectivity index (χ3n) is 3.80. The molecule has 2 heterocycles. The summed E-state index contributed by atoms with van der Waals surface area (Å²) in [6, 6.07) is 13.2. The van der Waals surface area contributed by atoms with Gasteiger partial charge in [-0.25, -0.2) is 0 Å². The first-order chi connectivity index (χ1) is 10.2. The molecule has 0 radical (unpaired) electrons. The highest BCUT2D eigenvalue weighted by Gasteiger charge is 2.11. The lowest BCUT2D eigenvalue weighted by Gasteiger charge is -2.16. The SMILES string of the molecule is CCc1ccc(C(C)Nc2ccc(C)c3ncccc23)s1. The largest absolute Gasteiger partial charge is 0.377 e. The lowest BCUT2D eigenvalue weighted by molar-refractivity contribution is 0.910. The van der Waals surface area contributed by atoms with Crippen LogP contribution in [0.25, 0.3) is 10.9 Å². The van der Waals surface area contributed by atoms with Gasteiger partial charge in [-0.3, -0.25) is 4.98 Å². The quantitative estimate of drug-likeness (QED) is 0.703. The Morgan fingerprint density at radius 2 is 2.05 bits per heavy atom. The number of anilines is 1. The number of hydrogen-bond donors (Lipinski definition) is 1. The van der Waals surface area contributed by atoms with Gasteiger partial charge in [0.15, 0.2) is 0 Å². The molecule has 3 aromatic rings. The highest BCUT2D eigenvalue weighted by molar-refractivity contribution is 7.12. The summed E-state index contributed by atoms with van der Waals surface area (Å²) in [6.07, 6.45) is 2.96. The van der Waals surface area contributed by atoms with Crippen LogP contribution in [0.5, 0.6) is 0 Å². The molecule has 0 aliphatic carbocycles. The number of hydrogen-bond acceptors (Lipinski definition) is 3. The minimum Gasteiger partial charge on any atom is -0.377 e. The molecular weight excluding hydrogens is 276 g/mol. The molecule has 0 bridgehead atoms. The molecule has 1 N–H and O–H groups in total. The molecule has 108 valence electrons. The van der Waals surface area contributed by atoms with Gasteiger partial charge < -0.3 is 5.32 Å². The summed E-state index contributed by atoms with van der Waals surface area (Å²) < 4.78 is 0. The number of rotatable bonds is 4. The van der Waals surface area contributed by atoms with Gasteiger partial charge in [-0.1, -0.05) is 13.0 Å². The molecule has 1 atom stereocenters. The molecule has 3 heteroatoms. The Labute approximate surface area is 129 Å². The summed E-state index contributed by atoms with van der Waals surface area (Å²) in [5.41, 5.74) is 3.45. The Kier molecular flexibility index (Phi) is 3.93. The fourth-order valence-electron chi connectivity index (χ4n) is 2.56. The molecule has 3 rings (SSSR count). The van der Waals surface area contributed by atoms with Gasteiger partial charge in [-0.05, 0) is 56.2 Å². The second kappa shape index (κ2) is 5.86. The Morgan fingerprint density at radius 1 is 1.19 bits per heavy atom. The van der Waals surface area contributed by atoms with Crippen molar-refractivity contribution in [2.45, 2.75) is 33.2 Å². The van der Waals surface area contributed by atoms with Crippen molar-refractivity contribution in [2.24, 2.45) is 0 Å². The average Bonchev–Trinajstić information content (AvgIpc) is 2.99. The molecule has 1 aromatic carbocycles. The molecule has 1 unspecified atom stereocenters.